The molecule has 36 heteroatoms. The minimum absolute atomic E-state index is 0.0622. The van der Waals surface area contributed by atoms with E-state index in [1.165, 1.54) is 58.3 Å². The van der Waals surface area contributed by atoms with E-state index in [2.05, 4.69) is 33.5 Å². The van der Waals surface area contributed by atoms with Crippen LogP contribution >= 0.6 is 0 Å². The van der Waals surface area contributed by atoms with E-state index in [1.807, 2.05) is 0 Å². The van der Waals surface area contributed by atoms with Crippen LogP contribution in [0.2, 0.25) is 0 Å². The summed E-state index contributed by atoms with van der Waals surface area (Å²) in [5, 5.41) is 159. The predicted molar refractivity (Wildman–Crippen MR) is 333 cm³/mol. The molecule has 0 bridgehead atoms. The Bertz CT molecular complexity index is 2680. The van der Waals surface area contributed by atoms with Gasteiger partial charge in [-0.25, -0.2) is 0 Å². The molecule has 1 aromatic carbocycles. The van der Waals surface area contributed by atoms with Gasteiger partial charge in [-0.05, 0) is 31.5 Å². The first-order chi connectivity index (χ1) is 47.2. The van der Waals surface area contributed by atoms with Crippen LogP contribution < -0.4 is 31.3 Å². The fourth-order valence-corrected chi connectivity index (χ4v) is 13.0. The molecule has 0 aliphatic carbocycles. The molecular formula is C63H103N5O31. The lowest BCUT2D eigenvalue weighted by Gasteiger charge is -2.51. The summed E-state index contributed by atoms with van der Waals surface area (Å²) in [6.45, 7) is 3.61. The zero-order valence-corrected chi connectivity index (χ0v) is 56.4. The van der Waals surface area contributed by atoms with E-state index in [9.17, 15) is 90.4 Å². The van der Waals surface area contributed by atoms with Gasteiger partial charge in [-0.15, -0.1) is 0 Å². The molecule has 99 heavy (non-hydrogen) atoms. The van der Waals surface area contributed by atoms with Gasteiger partial charge in [0.05, 0.1) is 45.7 Å². The van der Waals surface area contributed by atoms with E-state index >= 15 is 0 Å². The maximum absolute atomic E-state index is 14.0. The third kappa shape index (κ3) is 21.1. The number of carbonyl (C=O) groups is 5. The van der Waals surface area contributed by atoms with Crippen molar-refractivity contribution in [3.05, 3.63) is 29.8 Å². The molecule has 6 fully saturated rings. The molecule has 0 spiro atoms. The van der Waals surface area contributed by atoms with Gasteiger partial charge in [0.25, 0.3) is 5.91 Å². The summed E-state index contributed by atoms with van der Waals surface area (Å²) in [5.74, 6) is -3.63. The Kier molecular flexibility index (Phi) is 32.0. The monoisotopic (exact) mass is 1430 g/mol. The zero-order chi connectivity index (χ0) is 72.5. The Morgan fingerprint density at radius 1 is 0.434 bits per heavy atom. The van der Waals surface area contributed by atoms with Crippen molar-refractivity contribution < 1.29 is 152 Å². The molecule has 6 aliphatic heterocycles. The number of benzene rings is 1. The summed E-state index contributed by atoms with van der Waals surface area (Å²) in [5.41, 5.74) is 0.0622. The van der Waals surface area contributed by atoms with Crippen molar-refractivity contribution in [1.29, 1.82) is 0 Å². The van der Waals surface area contributed by atoms with E-state index in [0.29, 0.717) is 12.4 Å². The SMILES string of the molecule is CCCCCCCCCCCOc1cccc(C(=O)N[C@H]2C(O)[C@H](O)C(CO)O[C@H]2O[C@@H]2C(CO)OC(OC3C(CO)O[C@@H](O[C@@H]4C(CO)OC(OC5C(CO[C@@H]6OC(C)[C@@H](O)C(O)[C@H]6OC)OC(O)[C@@H](NC(C)=O)[C@H]5O)C(NC(C)=O)C4O)[C@@H](NC(C)=O)[C@H]3O)C(NC(C)=O)C2O)c1. The van der Waals surface area contributed by atoms with Crippen molar-refractivity contribution in [3.63, 3.8) is 0 Å². The van der Waals surface area contributed by atoms with Crippen molar-refractivity contribution in [2.45, 2.75) is 283 Å². The second kappa shape index (κ2) is 38.8. The van der Waals surface area contributed by atoms with Crippen molar-refractivity contribution in [2.75, 3.05) is 46.8 Å². The van der Waals surface area contributed by atoms with E-state index < -0.39 is 246 Å². The number of carbonyl (C=O) groups excluding carboxylic acids is 5. The minimum atomic E-state index is -2.06. The Morgan fingerprint density at radius 2 is 0.838 bits per heavy atom. The van der Waals surface area contributed by atoms with Gasteiger partial charge in [0.2, 0.25) is 23.6 Å². The fraction of sp³-hybridized carbons (Fsp3) is 0.825. The van der Waals surface area contributed by atoms with Gasteiger partial charge in [-0.2, -0.15) is 0 Å². The van der Waals surface area contributed by atoms with Crippen LogP contribution in [0.3, 0.4) is 0 Å². The molecule has 1 aromatic rings. The normalized spacial score (nSPS) is 39.5. The number of unbranched alkanes of at least 4 members (excludes halogenated alkanes) is 8. The standard InChI is InChI=1S/C63H103N5O31/c1-8-9-10-11-12-13-14-15-16-20-88-33-19-17-18-32(21-33)57(85)68-40-46(79)45(78)34(22-69)92-59(40)96-52-35(23-70)93-60(41(48(52)81)65-29(4)74)97-53-36(24-71)94-61(42(49(53)82)66-30(5)75)98-54-37(25-72)95-62(43(50(54)83)67-31(6)76)99-55-38(91-58(86)39(47(55)80)64-28(3)73)26-89-63-56(87-7)51(84)44(77)27(2)90-63/h17-19,21,27,34-56,58-63,69-72,77-84,86H,8-16,20,22-26H2,1-7H3,(H,64,73)(H,65,74)(H,66,75)(H,67,76)(H,68,85)/t27?,34?,35?,36?,37?,38?,39-,40-,41?,42-,43?,44+,45+,46?,47+,48?,49+,50?,51?,52+,53?,54+,55?,56+,58?,59-,60?,61-,62?,63+/m0/s1. The highest BCUT2D eigenvalue weighted by atomic mass is 16.8. The summed E-state index contributed by atoms with van der Waals surface area (Å²) in [7, 11) is 1.21. The molecule has 30 atom stereocenters. The van der Waals surface area contributed by atoms with Crippen LogP contribution in [-0.4, -0.2) is 327 Å². The lowest BCUT2D eigenvalue weighted by atomic mass is 9.93. The molecule has 0 radical (unpaired) electrons. The van der Waals surface area contributed by atoms with Gasteiger partial charge >= 0.3 is 0 Å². The maximum atomic E-state index is 14.0. The summed E-state index contributed by atoms with van der Waals surface area (Å²) in [4.78, 5) is 65.1. The first kappa shape index (κ1) is 81.7. The van der Waals surface area contributed by atoms with Gasteiger partial charge in [-0.3, -0.25) is 24.0 Å². The molecule has 566 valence electrons. The Labute approximate surface area is 572 Å². The minimum Gasteiger partial charge on any atom is -0.494 e. The van der Waals surface area contributed by atoms with Crippen molar-refractivity contribution >= 4 is 29.5 Å². The zero-order valence-electron chi connectivity index (χ0n) is 56.4. The second-order valence-electron chi connectivity index (χ2n) is 25.6. The number of hydrogen-bond donors (Lipinski definition) is 18. The van der Waals surface area contributed by atoms with E-state index in [-0.39, 0.29) is 5.56 Å². The number of nitrogens with one attached hydrogen (secondary N) is 5. The molecule has 0 aromatic heterocycles. The molecule has 5 amide bonds. The van der Waals surface area contributed by atoms with Crippen LogP contribution in [0.4, 0.5) is 0 Å². The Hall–Kier alpha value is -4.63. The maximum Gasteiger partial charge on any atom is 0.251 e. The topological polar surface area (TPSA) is 528 Å². The second-order valence-corrected chi connectivity index (χ2v) is 25.6. The molecular weight excluding hydrogens is 1320 g/mol. The number of aliphatic hydroxyl groups is 13. The number of hydrogen-bond acceptors (Lipinski definition) is 31. The quantitative estimate of drug-likeness (QED) is 0.0291. The molecule has 7 rings (SSSR count). The molecule has 6 saturated heterocycles. The van der Waals surface area contributed by atoms with Crippen LogP contribution in [0.15, 0.2) is 24.3 Å². The van der Waals surface area contributed by atoms with Crippen LogP contribution in [-0.2, 0) is 76.0 Å². The molecule has 17 unspecified atom stereocenters. The molecule has 6 heterocycles. The van der Waals surface area contributed by atoms with Crippen LogP contribution in [0.25, 0.3) is 0 Å². The lowest BCUT2D eigenvalue weighted by Crippen LogP contribution is -2.72. The van der Waals surface area contributed by atoms with E-state index in [0.717, 1.165) is 53.4 Å². The fourth-order valence-electron chi connectivity index (χ4n) is 13.0. The van der Waals surface area contributed by atoms with Crippen LogP contribution in [0.5, 0.6) is 5.75 Å². The predicted octanol–water partition coefficient (Wildman–Crippen LogP) is -6.50. The average Bonchev–Trinajstić information content (AvgIpc) is 0.772. The molecule has 0 saturated carbocycles. The number of ether oxygens (including phenoxy) is 13. The number of aliphatic hydroxyl groups excluding tert-OH is 13. The first-order valence-corrected chi connectivity index (χ1v) is 33.6. The van der Waals surface area contributed by atoms with Crippen LogP contribution in [0.1, 0.15) is 110 Å². The molecule has 18 N–H and O–H groups in total. The van der Waals surface area contributed by atoms with Crippen molar-refractivity contribution in [3.8, 4) is 5.75 Å². The highest BCUT2D eigenvalue weighted by molar-refractivity contribution is 5.94. The van der Waals surface area contributed by atoms with E-state index in [1.54, 1.807) is 12.1 Å². The van der Waals surface area contributed by atoms with Crippen LogP contribution in [0, 0.1) is 0 Å². The third-order valence-electron chi connectivity index (χ3n) is 18.2. The molecule has 36 nitrogen and oxygen atoms in total. The summed E-state index contributed by atoms with van der Waals surface area (Å²) in [6, 6.07) is -2.38. The summed E-state index contributed by atoms with van der Waals surface area (Å²) in [6.07, 6.45) is -33.4. The average molecular weight is 1430 g/mol. The van der Waals surface area contributed by atoms with Gasteiger partial charge < -0.3 is 155 Å². The van der Waals surface area contributed by atoms with E-state index in [4.69, 9.17) is 61.6 Å². The summed E-state index contributed by atoms with van der Waals surface area (Å²) >= 11 is 0. The lowest BCUT2D eigenvalue weighted by molar-refractivity contribution is -0.368. The summed E-state index contributed by atoms with van der Waals surface area (Å²) < 4.78 is 78.0. The number of methoxy groups -OCH3 is 1. The third-order valence-corrected chi connectivity index (χ3v) is 18.2. The van der Waals surface area contributed by atoms with Gasteiger partial charge in [0.1, 0.15) is 146 Å². The van der Waals surface area contributed by atoms with Crippen molar-refractivity contribution in [1.82, 2.24) is 26.6 Å². The number of amides is 5. The van der Waals surface area contributed by atoms with Crippen molar-refractivity contribution in [2.24, 2.45) is 0 Å². The van der Waals surface area contributed by atoms with Gasteiger partial charge in [-0.1, -0.05) is 64.4 Å². The molecule has 6 aliphatic rings. The largest absolute Gasteiger partial charge is 0.494 e. The first-order valence-electron chi connectivity index (χ1n) is 33.6. The highest BCUT2D eigenvalue weighted by Crippen LogP contribution is 2.37. The Morgan fingerprint density at radius 3 is 1.27 bits per heavy atom. The van der Waals surface area contributed by atoms with Gasteiger partial charge in [0.15, 0.2) is 37.7 Å². The number of rotatable bonds is 33. The smallest absolute Gasteiger partial charge is 0.251 e. The Balaban J connectivity index is 1.07. The highest BCUT2D eigenvalue weighted by Gasteiger charge is 2.58. The van der Waals surface area contributed by atoms with Gasteiger partial charge in [0, 0.05) is 40.4 Å².